The Morgan fingerprint density at radius 2 is 2.14 bits per heavy atom. The smallest absolute Gasteiger partial charge is 0.357 e. The molecule has 1 heterocycles. The van der Waals surface area contributed by atoms with Crippen LogP contribution in [0.25, 0.3) is 5.69 Å². The third-order valence-electron chi connectivity index (χ3n) is 3.44. The third-order valence-corrected chi connectivity index (χ3v) is 4.31. The molecule has 0 aliphatic heterocycles. The van der Waals surface area contributed by atoms with Crippen LogP contribution in [0, 0.1) is 14.9 Å². The summed E-state index contributed by atoms with van der Waals surface area (Å²) >= 11 is 2.21. The van der Waals surface area contributed by atoms with Crippen molar-refractivity contribution in [3.05, 3.63) is 44.8 Å². The highest BCUT2D eigenvalue weighted by Gasteiger charge is 2.22. The highest BCUT2D eigenvalue weighted by Crippen LogP contribution is 2.29. The van der Waals surface area contributed by atoms with E-state index in [0.717, 1.165) is 9.26 Å². The number of hydrogen-bond donors (Lipinski definition) is 1. The van der Waals surface area contributed by atoms with Crippen molar-refractivity contribution in [1.29, 1.82) is 5.26 Å². The maximum atomic E-state index is 12.0. The van der Waals surface area contributed by atoms with Crippen LogP contribution in [0.2, 0.25) is 0 Å². The molecule has 0 amide bonds. The fourth-order valence-electron chi connectivity index (χ4n) is 2.18. The predicted molar refractivity (Wildman–Crippen MR) is 93.0 cm³/mol. The van der Waals surface area contributed by atoms with Crippen molar-refractivity contribution in [1.82, 2.24) is 4.57 Å². The van der Waals surface area contributed by atoms with Crippen LogP contribution in [0.5, 0.6) is 0 Å². The Kier molecular flexibility index (Phi) is 4.76. The number of nitrogen functional groups attached to an aromatic ring is 1. The number of halogens is 1. The molecule has 2 aromatic rings. The number of nitrogens with zero attached hydrogens (tertiary/aromatic N) is 2. The Morgan fingerprint density at radius 1 is 1.45 bits per heavy atom. The van der Waals surface area contributed by atoms with Gasteiger partial charge in [0.15, 0.2) is 5.69 Å². The average Bonchev–Trinajstić information content (AvgIpc) is 2.82. The normalized spacial score (nSPS) is 10.5. The molecule has 0 aliphatic carbocycles. The molecule has 0 saturated heterocycles. The molecule has 0 atom stereocenters. The summed E-state index contributed by atoms with van der Waals surface area (Å²) in [5, 5.41) is 9.15. The van der Waals surface area contributed by atoms with Gasteiger partial charge in [-0.05, 0) is 46.2 Å². The fourth-order valence-corrected chi connectivity index (χ4v) is 2.98. The first-order chi connectivity index (χ1) is 10.4. The lowest BCUT2D eigenvalue weighted by Gasteiger charge is -2.13. The summed E-state index contributed by atoms with van der Waals surface area (Å²) in [4.78, 5) is 12.0. The number of hydrogen-bond acceptors (Lipinski definition) is 4. The molecule has 0 aliphatic rings. The Bertz CT molecular complexity index is 772. The standard InChI is InChI=1S/C16H16IN3O2/c1-9(2)10-4-5-13(12(17)6-10)20-8-11(7-18)14(19)15(20)16(21)22-3/h4-6,8-9H,19H2,1-3H3. The fraction of sp³-hybridized carbons (Fsp3) is 0.250. The average molecular weight is 409 g/mol. The van der Waals surface area contributed by atoms with Crippen LogP contribution in [0.15, 0.2) is 24.4 Å². The number of methoxy groups -OCH3 is 1. The first-order valence-corrected chi connectivity index (χ1v) is 7.77. The van der Waals surface area contributed by atoms with Gasteiger partial charge in [-0.25, -0.2) is 4.79 Å². The zero-order valence-electron chi connectivity index (χ0n) is 12.6. The van der Waals surface area contributed by atoms with Gasteiger partial charge in [-0.3, -0.25) is 0 Å². The minimum absolute atomic E-state index is 0.137. The Hall–Kier alpha value is -2.01. The molecule has 2 rings (SSSR count). The molecule has 1 aromatic heterocycles. The summed E-state index contributed by atoms with van der Waals surface area (Å²) in [6.07, 6.45) is 1.56. The molecule has 114 valence electrons. The van der Waals surface area contributed by atoms with Crippen LogP contribution in [0.3, 0.4) is 0 Å². The van der Waals surface area contributed by atoms with E-state index in [0.29, 0.717) is 5.92 Å². The molecule has 1 aromatic carbocycles. The van der Waals surface area contributed by atoms with Crippen LogP contribution < -0.4 is 5.73 Å². The second-order valence-corrected chi connectivity index (χ2v) is 6.31. The van der Waals surface area contributed by atoms with E-state index >= 15 is 0 Å². The molecular weight excluding hydrogens is 393 g/mol. The van der Waals surface area contributed by atoms with Gasteiger partial charge in [-0.1, -0.05) is 19.9 Å². The minimum atomic E-state index is -0.567. The van der Waals surface area contributed by atoms with E-state index in [-0.39, 0.29) is 16.9 Å². The largest absolute Gasteiger partial charge is 0.464 e. The van der Waals surface area contributed by atoms with E-state index in [4.69, 9.17) is 15.7 Å². The lowest BCUT2D eigenvalue weighted by Crippen LogP contribution is -2.12. The van der Waals surface area contributed by atoms with Gasteiger partial charge in [0.25, 0.3) is 0 Å². The number of anilines is 1. The van der Waals surface area contributed by atoms with Gasteiger partial charge in [-0.2, -0.15) is 5.26 Å². The number of aromatic nitrogens is 1. The van der Waals surface area contributed by atoms with Crippen LogP contribution in [-0.4, -0.2) is 17.6 Å². The molecule has 5 nitrogen and oxygen atoms in total. The summed E-state index contributed by atoms with van der Waals surface area (Å²) in [6.45, 7) is 4.23. The maximum absolute atomic E-state index is 12.0. The van der Waals surface area contributed by atoms with Gasteiger partial charge in [0.05, 0.1) is 24.0 Å². The second-order valence-electron chi connectivity index (χ2n) is 5.14. The highest BCUT2D eigenvalue weighted by molar-refractivity contribution is 14.1. The number of ether oxygens (including phenoxy) is 1. The maximum Gasteiger partial charge on any atom is 0.357 e. The number of rotatable bonds is 3. The van der Waals surface area contributed by atoms with Crippen molar-refractivity contribution in [2.75, 3.05) is 12.8 Å². The van der Waals surface area contributed by atoms with Crippen LogP contribution in [0.1, 0.15) is 41.4 Å². The number of benzene rings is 1. The van der Waals surface area contributed by atoms with Crippen molar-refractivity contribution in [2.24, 2.45) is 0 Å². The van der Waals surface area contributed by atoms with Crippen molar-refractivity contribution in [3.63, 3.8) is 0 Å². The number of nitriles is 1. The Balaban J connectivity index is 2.67. The predicted octanol–water partition coefficient (Wildman–Crippen LogP) is 3.45. The van der Waals surface area contributed by atoms with E-state index < -0.39 is 5.97 Å². The van der Waals surface area contributed by atoms with Crippen LogP contribution in [-0.2, 0) is 4.74 Å². The highest BCUT2D eigenvalue weighted by atomic mass is 127. The third kappa shape index (κ3) is 2.81. The van der Waals surface area contributed by atoms with E-state index in [1.807, 2.05) is 18.2 Å². The molecule has 2 N–H and O–H groups in total. The SMILES string of the molecule is COC(=O)c1c(N)c(C#N)cn1-c1ccc(C(C)C)cc1I. The number of carbonyl (C=O) groups is 1. The van der Waals surface area contributed by atoms with Gasteiger partial charge in [-0.15, -0.1) is 0 Å². The van der Waals surface area contributed by atoms with Crippen LogP contribution in [0.4, 0.5) is 5.69 Å². The van der Waals surface area contributed by atoms with E-state index in [2.05, 4.69) is 42.5 Å². The van der Waals surface area contributed by atoms with Gasteiger partial charge < -0.3 is 15.0 Å². The van der Waals surface area contributed by atoms with Gasteiger partial charge in [0.2, 0.25) is 0 Å². The molecule has 0 saturated carbocycles. The molecule has 0 spiro atoms. The molecule has 0 bridgehead atoms. The van der Waals surface area contributed by atoms with Crippen molar-refractivity contribution in [3.8, 4) is 11.8 Å². The Morgan fingerprint density at radius 3 is 2.64 bits per heavy atom. The monoisotopic (exact) mass is 409 g/mol. The summed E-state index contributed by atoms with van der Waals surface area (Å²) in [5.74, 6) is -0.158. The quantitative estimate of drug-likeness (QED) is 0.622. The van der Waals surface area contributed by atoms with Gasteiger partial charge in [0, 0.05) is 9.77 Å². The second kappa shape index (κ2) is 6.40. The minimum Gasteiger partial charge on any atom is -0.464 e. The first-order valence-electron chi connectivity index (χ1n) is 6.69. The van der Waals surface area contributed by atoms with E-state index in [9.17, 15) is 4.79 Å². The van der Waals surface area contributed by atoms with E-state index in [1.54, 1.807) is 10.8 Å². The first kappa shape index (κ1) is 16.4. The van der Waals surface area contributed by atoms with Crippen molar-refractivity contribution < 1.29 is 9.53 Å². The summed E-state index contributed by atoms with van der Waals surface area (Å²) < 4.78 is 7.37. The lowest BCUT2D eigenvalue weighted by molar-refractivity contribution is 0.0593. The molecule has 6 heteroatoms. The van der Waals surface area contributed by atoms with Crippen molar-refractivity contribution >= 4 is 34.2 Å². The summed E-state index contributed by atoms with van der Waals surface area (Å²) in [6, 6.07) is 7.98. The summed E-state index contributed by atoms with van der Waals surface area (Å²) in [5.41, 5.74) is 8.47. The molecular formula is C16H16IN3O2. The molecule has 0 fully saturated rings. The number of nitrogens with two attached hydrogens (primary N) is 1. The zero-order valence-corrected chi connectivity index (χ0v) is 14.7. The summed E-state index contributed by atoms with van der Waals surface area (Å²) in [7, 11) is 1.29. The van der Waals surface area contributed by atoms with Gasteiger partial charge >= 0.3 is 5.97 Å². The lowest BCUT2D eigenvalue weighted by atomic mass is 10.0. The molecule has 0 unspecified atom stereocenters. The van der Waals surface area contributed by atoms with Crippen LogP contribution >= 0.6 is 22.6 Å². The number of esters is 1. The van der Waals surface area contributed by atoms with E-state index in [1.165, 1.54) is 12.7 Å². The van der Waals surface area contributed by atoms with Crippen molar-refractivity contribution in [2.45, 2.75) is 19.8 Å². The topological polar surface area (TPSA) is 81.0 Å². The number of carbonyl (C=O) groups excluding carboxylic acids is 1. The Labute approximate surface area is 142 Å². The molecule has 22 heavy (non-hydrogen) atoms. The zero-order chi connectivity index (χ0) is 16.4. The molecule has 0 radical (unpaired) electrons. The van der Waals surface area contributed by atoms with Gasteiger partial charge in [0.1, 0.15) is 6.07 Å².